The Hall–Kier alpha value is 0.140. The van der Waals surface area contributed by atoms with Gasteiger partial charge in [-0.15, -0.1) is 11.3 Å². The van der Waals surface area contributed by atoms with Gasteiger partial charge in [-0.25, -0.2) is 0 Å². The average molecular weight is 332 g/mol. The first kappa shape index (κ1) is 16.2. The predicted molar refractivity (Wildman–Crippen MR) is 86.5 cm³/mol. The van der Waals surface area contributed by atoms with Gasteiger partial charge in [0.1, 0.15) is 0 Å². The second-order valence-corrected chi connectivity index (χ2v) is 7.60. The molecule has 1 unspecified atom stereocenters. The highest BCUT2D eigenvalue weighted by Gasteiger charge is 2.13. The number of rotatable bonds is 9. The summed E-state index contributed by atoms with van der Waals surface area (Å²) in [7, 11) is 2.08. The van der Waals surface area contributed by atoms with E-state index in [1.807, 2.05) is 11.3 Å². The summed E-state index contributed by atoms with van der Waals surface area (Å²) >= 11 is 5.42. The number of unbranched alkanes of at least 4 members (excludes halogenated alkanes) is 5. The minimum atomic E-state index is 0.527. The molecule has 0 spiro atoms. The Morgan fingerprint density at radius 2 is 1.89 bits per heavy atom. The second-order valence-electron chi connectivity index (χ2n) is 4.96. The van der Waals surface area contributed by atoms with Gasteiger partial charge < -0.3 is 5.32 Å². The molecule has 0 aliphatic heterocycles. The number of hydrogen-bond donors (Lipinski definition) is 1. The third-order valence-corrected chi connectivity index (χ3v) is 5.07. The van der Waals surface area contributed by atoms with Crippen LogP contribution < -0.4 is 5.32 Å². The van der Waals surface area contributed by atoms with Crippen LogP contribution >= 0.6 is 27.3 Å². The van der Waals surface area contributed by atoms with Crippen LogP contribution in [0.15, 0.2) is 9.85 Å². The second kappa shape index (κ2) is 9.11. The highest BCUT2D eigenvalue weighted by molar-refractivity contribution is 9.11. The van der Waals surface area contributed by atoms with Crippen LogP contribution in [0.2, 0.25) is 0 Å². The molecule has 1 rings (SSSR count). The molecule has 1 heterocycles. The number of halogens is 1. The van der Waals surface area contributed by atoms with E-state index in [0.29, 0.717) is 6.04 Å². The maximum Gasteiger partial charge on any atom is 0.0704 e. The summed E-state index contributed by atoms with van der Waals surface area (Å²) in [5.41, 5.74) is 1.47. The zero-order chi connectivity index (χ0) is 13.4. The lowest BCUT2D eigenvalue weighted by Gasteiger charge is -2.16. The molecule has 18 heavy (non-hydrogen) atoms. The normalized spacial score (nSPS) is 12.9. The van der Waals surface area contributed by atoms with Gasteiger partial charge in [0, 0.05) is 10.9 Å². The standard InChI is InChI=1S/C15H26BrNS/c1-4-5-6-7-8-9-10-14(17-3)13-11-15(16)18-12(13)2/h11,14,17H,4-10H2,1-3H3. The molecule has 0 aliphatic rings. The molecule has 1 atom stereocenters. The smallest absolute Gasteiger partial charge is 0.0704 e. The molecule has 0 radical (unpaired) electrons. The molecule has 1 aromatic heterocycles. The third kappa shape index (κ3) is 5.41. The van der Waals surface area contributed by atoms with Crippen molar-refractivity contribution in [2.24, 2.45) is 0 Å². The molecule has 0 saturated carbocycles. The van der Waals surface area contributed by atoms with Gasteiger partial charge >= 0.3 is 0 Å². The van der Waals surface area contributed by atoms with Crippen LogP contribution in [-0.4, -0.2) is 7.05 Å². The molecule has 0 amide bonds. The Morgan fingerprint density at radius 1 is 1.22 bits per heavy atom. The van der Waals surface area contributed by atoms with Crippen LogP contribution in [0.3, 0.4) is 0 Å². The van der Waals surface area contributed by atoms with Gasteiger partial charge in [-0.3, -0.25) is 0 Å². The summed E-state index contributed by atoms with van der Waals surface area (Å²) in [4.78, 5) is 1.44. The van der Waals surface area contributed by atoms with Crippen molar-refractivity contribution < 1.29 is 0 Å². The summed E-state index contributed by atoms with van der Waals surface area (Å²) in [6.45, 7) is 4.49. The predicted octanol–water partition coefficient (Wildman–Crippen LogP) is 5.83. The van der Waals surface area contributed by atoms with Crippen molar-refractivity contribution in [3.05, 3.63) is 20.3 Å². The Kier molecular flexibility index (Phi) is 8.20. The molecule has 104 valence electrons. The summed E-state index contributed by atoms with van der Waals surface area (Å²) < 4.78 is 1.25. The fourth-order valence-electron chi connectivity index (χ4n) is 2.39. The van der Waals surface area contributed by atoms with Gasteiger partial charge in [-0.2, -0.15) is 0 Å². The molecule has 1 N–H and O–H groups in total. The van der Waals surface area contributed by atoms with Crippen LogP contribution in [0.1, 0.15) is 68.4 Å². The monoisotopic (exact) mass is 331 g/mol. The van der Waals surface area contributed by atoms with E-state index in [9.17, 15) is 0 Å². The summed E-state index contributed by atoms with van der Waals surface area (Å²) in [6.07, 6.45) is 9.50. The zero-order valence-electron chi connectivity index (χ0n) is 11.9. The molecule has 0 fully saturated rings. The molecule has 0 aliphatic carbocycles. The van der Waals surface area contributed by atoms with Gasteiger partial charge in [-0.1, -0.05) is 45.4 Å². The SMILES string of the molecule is CCCCCCCCC(NC)c1cc(Br)sc1C. The lowest BCUT2D eigenvalue weighted by molar-refractivity contribution is 0.497. The first-order valence-electron chi connectivity index (χ1n) is 7.12. The van der Waals surface area contributed by atoms with Crippen LogP contribution in [-0.2, 0) is 0 Å². The summed E-state index contributed by atoms with van der Waals surface area (Å²) in [6, 6.07) is 2.80. The molecule has 1 nitrogen and oxygen atoms in total. The lowest BCUT2D eigenvalue weighted by Crippen LogP contribution is -2.16. The third-order valence-electron chi connectivity index (χ3n) is 3.50. The summed E-state index contributed by atoms with van der Waals surface area (Å²) in [5, 5.41) is 3.46. The van der Waals surface area contributed by atoms with Crippen molar-refractivity contribution >= 4 is 27.3 Å². The minimum Gasteiger partial charge on any atom is -0.313 e. The van der Waals surface area contributed by atoms with E-state index in [4.69, 9.17) is 0 Å². The van der Waals surface area contributed by atoms with Gasteiger partial charge in [0.2, 0.25) is 0 Å². The summed E-state index contributed by atoms with van der Waals surface area (Å²) in [5.74, 6) is 0. The molecule has 0 bridgehead atoms. The maximum atomic E-state index is 3.58. The van der Waals surface area contributed by atoms with Gasteiger partial charge in [0.05, 0.1) is 3.79 Å². The maximum absolute atomic E-state index is 3.58. The van der Waals surface area contributed by atoms with E-state index < -0.39 is 0 Å². The molecule has 3 heteroatoms. The quantitative estimate of drug-likeness (QED) is 0.561. The van der Waals surface area contributed by atoms with Crippen LogP contribution in [0, 0.1) is 6.92 Å². The molecule has 1 aromatic rings. The van der Waals surface area contributed by atoms with E-state index in [2.05, 4.69) is 48.2 Å². The molecular formula is C15H26BrNS. The largest absolute Gasteiger partial charge is 0.313 e. The zero-order valence-corrected chi connectivity index (χ0v) is 14.3. The van der Waals surface area contributed by atoms with E-state index in [-0.39, 0.29) is 0 Å². The lowest BCUT2D eigenvalue weighted by atomic mass is 10.0. The van der Waals surface area contributed by atoms with E-state index in [1.165, 1.54) is 59.2 Å². The first-order chi connectivity index (χ1) is 8.69. The number of thiophene rings is 1. The van der Waals surface area contributed by atoms with Crippen molar-refractivity contribution in [2.45, 2.75) is 64.8 Å². The Morgan fingerprint density at radius 3 is 2.44 bits per heavy atom. The number of hydrogen-bond acceptors (Lipinski definition) is 2. The Bertz CT molecular complexity index is 335. The van der Waals surface area contributed by atoms with E-state index >= 15 is 0 Å². The fourth-order valence-corrected chi connectivity index (χ4v) is 4.16. The Labute approximate surface area is 125 Å². The van der Waals surface area contributed by atoms with Gasteiger partial charge in [0.15, 0.2) is 0 Å². The Balaban J connectivity index is 2.32. The van der Waals surface area contributed by atoms with Gasteiger partial charge in [-0.05, 0) is 48.0 Å². The molecule has 0 saturated heterocycles. The topological polar surface area (TPSA) is 12.0 Å². The van der Waals surface area contributed by atoms with Crippen molar-refractivity contribution in [1.82, 2.24) is 5.32 Å². The molecular weight excluding hydrogens is 306 g/mol. The molecule has 0 aromatic carbocycles. The highest BCUT2D eigenvalue weighted by Crippen LogP contribution is 2.32. The fraction of sp³-hybridized carbons (Fsp3) is 0.733. The van der Waals surface area contributed by atoms with Crippen LogP contribution in [0.25, 0.3) is 0 Å². The van der Waals surface area contributed by atoms with Crippen LogP contribution in [0.5, 0.6) is 0 Å². The average Bonchev–Trinajstić information content (AvgIpc) is 2.68. The number of nitrogens with one attached hydrogen (secondary N) is 1. The van der Waals surface area contributed by atoms with Crippen molar-refractivity contribution in [1.29, 1.82) is 0 Å². The van der Waals surface area contributed by atoms with Crippen molar-refractivity contribution in [3.8, 4) is 0 Å². The van der Waals surface area contributed by atoms with Crippen LogP contribution in [0.4, 0.5) is 0 Å². The van der Waals surface area contributed by atoms with Gasteiger partial charge in [0.25, 0.3) is 0 Å². The van der Waals surface area contributed by atoms with Crippen molar-refractivity contribution in [2.75, 3.05) is 7.05 Å². The number of aryl methyl sites for hydroxylation is 1. The van der Waals surface area contributed by atoms with E-state index in [0.717, 1.165) is 0 Å². The first-order valence-corrected chi connectivity index (χ1v) is 8.73. The highest BCUT2D eigenvalue weighted by atomic mass is 79.9. The van der Waals surface area contributed by atoms with Crippen molar-refractivity contribution in [3.63, 3.8) is 0 Å². The van der Waals surface area contributed by atoms with E-state index in [1.54, 1.807) is 0 Å². The minimum absolute atomic E-state index is 0.527.